The minimum Gasteiger partial charge on any atom is -0.305 e. The molecule has 2 heterocycles. The van der Waals surface area contributed by atoms with Crippen molar-refractivity contribution < 1.29 is 0 Å². The first-order valence-electron chi connectivity index (χ1n) is 5.86. The van der Waals surface area contributed by atoms with E-state index in [9.17, 15) is 0 Å². The van der Waals surface area contributed by atoms with Crippen molar-refractivity contribution in [1.82, 2.24) is 15.3 Å². The number of aryl methyl sites for hydroxylation is 1. The van der Waals surface area contributed by atoms with E-state index in [1.54, 1.807) is 11.3 Å². The fraction of sp³-hybridized carbons (Fsp3) is 0.385. The molecular formula is C13H17N3S. The highest BCUT2D eigenvalue weighted by Crippen LogP contribution is 2.16. The van der Waals surface area contributed by atoms with Crippen molar-refractivity contribution in [3.63, 3.8) is 0 Å². The second kappa shape index (κ2) is 5.89. The highest BCUT2D eigenvalue weighted by atomic mass is 32.1. The predicted octanol–water partition coefficient (Wildman–Crippen LogP) is 2.95. The van der Waals surface area contributed by atoms with Gasteiger partial charge in [-0.1, -0.05) is 6.92 Å². The Balaban J connectivity index is 1.90. The van der Waals surface area contributed by atoms with Gasteiger partial charge < -0.3 is 5.32 Å². The van der Waals surface area contributed by atoms with Gasteiger partial charge in [-0.15, -0.1) is 11.3 Å². The van der Waals surface area contributed by atoms with Crippen LogP contribution in [0.5, 0.6) is 0 Å². The molecule has 90 valence electrons. The molecule has 0 fully saturated rings. The average Bonchev–Trinajstić information content (AvgIpc) is 2.85. The fourth-order valence-corrected chi connectivity index (χ4v) is 2.43. The number of pyridine rings is 1. The molecule has 0 aliphatic rings. The van der Waals surface area contributed by atoms with E-state index in [4.69, 9.17) is 0 Å². The van der Waals surface area contributed by atoms with Crippen molar-refractivity contribution in [3.8, 4) is 0 Å². The Hall–Kier alpha value is -1.26. The zero-order chi connectivity index (χ0) is 12.1. The molecule has 0 saturated heterocycles. The fourth-order valence-electron chi connectivity index (χ4n) is 1.62. The molecule has 3 nitrogen and oxygen atoms in total. The molecular weight excluding hydrogens is 230 g/mol. The first kappa shape index (κ1) is 12.2. The van der Waals surface area contributed by atoms with Crippen LogP contribution in [0.1, 0.15) is 35.3 Å². The lowest BCUT2D eigenvalue weighted by Gasteiger charge is -2.12. The normalized spacial score (nSPS) is 12.6. The highest BCUT2D eigenvalue weighted by molar-refractivity contribution is 7.11. The van der Waals surface area contributed by atoms with E-state index in [1.807, 2.05) is 30.7 Å². The van der Waals surface area contributed by atoms with Crippen molar-refractivity contribution in [3.05, 3.63) is 46.2 Å². The Labute approximate surface area is 106 Å². The quantitative estimate of drug-likeness (QED) is 0.882. The van der Waals surface area contributed by atoms with E-state index in [2.05, 4.69) is 29.1 Å². The van der Waals surface area contributed by atoms with Gasteiger partial charge in [0.2, 0.25) is 0 Å². The van der Waals surface area contributed by atoms with Crippen molar-refractivity contribution >= 4 is 11.3 Å². The lowest BCUT2D eigenvalue weighted by atomic mass is 10.1. The van der Waals surface area contributed by atoms with Crippen LogP contribution in [0.4, 0.5) is 0 Å². The molecule has 0 saturated carbocycles. The summed E-state index contributed by atoms with van der Waals surface area (Å²) < 4.78 is 0. The summed E-state index contributed by atoms with van der Waals surface area (Å²) in [7, 11) is 0. The molecule has 1 atom stereocenters. The molecule has 0 aromatic carbocycles. The van der Waals surface area contributed by atoms with E-state index < -0.39 is 0 Å². The smallest absolute Gasteiger partial charge is 0.0925 e. The van der Waals surface area contributed by atoms with Crippen molar-refractivity contribution in [2.45, 2.75) is 32.9 Å². The summed E-state index contributed by atoms with van der Waals surface area (Å²) >= 11 is 1.78. The largest absolute Gasteiger partial charge is 0.305 e. The Morgan fingerprint density at radius 3 is 2.76 bits per heavy atom. The monoisotopic (exact) mass is 247 g/mol. The van der Waals surface area contributed by atoms with E-state index in [-0.39, 0.29) is 0 Å². The third kappa shape index (κ3) is 3.35. The summed E-state index contributed by atoms with van der Waals surface area (Å²) in [5.41, 5.74) is 1.26. The summed E-state index contributed by atoms with van der Waals surface area (Å²) in [6, 6.07) is 4.43. The summed E-state index contributed by atoms with van der Waals surface area (Å²) in [6.45, 7) is 5.17. The maximum atomic E-state index is 4.35. The molecule has 0 radical (unpaired) electrons. The zero-order valence-electron chi connectivity index (χ0n) is 10.2. The number of hydrogen-bond acceptors (Lipinski definition) is 4. The highest BCUT2D eigenvalue weighted by Gasteiger charge is 2.05. The van der Waals surface area contributed by atoms with Crippen LogP contribution in [0.2, 0.25) is 0 Å². The molecule has 0 aliphatic heterocycles. The lowest BCUT2D eigenvalue weighted by molar-refractivity contribution is 0.578. The van der Waals surface area contributed by atoms with E-state index in [1.165, 1.54) is 15.4 Å². The Bertz CT molecular complexity index is 453. The molecule has 2 aromatic rings. The molecule has 0 unspecified atom stereocenters. The minimum atomic E-state index is 0.338. The topological polar surface area (TPSA) is 37.8 Å². The number of nitrogens with zero attached hydrogens (tertiary/aromatic N) is 2. The Kier molecular flexibility index (Phi) is 4.23. The van der Waals surface area contributed by atoms with E-state index in [0.29, 0.717) is 6.04 Å². The summed E-state index contributed by atoms with van der Waals surface area (Å²) in [6.07, 6.45) is 6.64. The second-order valence-electron chi connectivity index (χ2n) is 3.96. The first-order valence-corrected chi connectivity index (χ1v) is 6.68. The maximum absolute atomic E-state index is 4.35. The molecule has 2 aromatic heterocycles. The Morgan fingerprint density at radius 1 is 1.35 bits per heavy atom. The van der Waals surface area contributed by atoms with Gasteiger partial charge in [-0.05, 0) is 31.0 Å². The molecule has 1 N–H and O–H groups in total. The third-order valence-corrected chi connectivity index (χ3v) is 3.83. The molecule has 0 spiro atoms. The zero-order valence-corrected chi connectivity index (χ0v) is 11.0. The standard InChI is InChI=1S/C13H17N3S/c1-3-13-16-9-12(17-13)8-15-10(2)11-4-6-14-7-5-11/h4-7,9-10,15H,3,8H2,1-2H3/t10-/m1/s1. The molecule has 0 bridgehead atoms. The predicted molar refractivity (Wildman–Crippen MR) is 71.0 cm³/mol. The van der Waals surface area contributed by atoms with Gasteiger partial charge in [0.25, 0.3) is 0 Å². The van der Waals surface area contributed by atoms with Crippen molar-refractivity contribution in [2.75, 3.05) is 0 Å². The van der Waals surface area contributed by atoms with Crippen LogP contribution in [-0.2, 0) is 13.0 Å². The number of aromatic nitrogens is 2. The Morgan fingerprint density at radius 2 is 2.12 bits per heavy atom. The van der Waals surface area contributed by atoms with Gasteiger partial charge in [0.15, 0.2) is 0 Å². The van der Waals surface area contributed by atoms with Crippen LogP contribution in [0.25, 0.3) is 0 Å². The minimum absolute atomic E-state index is 0.338. The summed E-state index contributed by atoms with van der Waals surface area (Å²) in [5.74, 6) is 0. The first-order chi connectivity index (χ1) is 8.29. The summed E-state index contributed by atoms with van der Waals surface area (Å²) in [5, 5.41) is 4.70. The van der Waals surface area contributed by atoms with Crippen LogP contribution >= 0.6 is 11.3 Å². The van der Waals surface area contributed by atoms with Crippen LogP contribution in [-0.4, -0.2) is 9.97 Å². The number of thiazole rings is 1. The van der Waals surface area contributed by atoms with Gasteiger partial charge in [-0.2, -0.15) is 0 Å². The molecule has 0 amide bonds. The van der Waals surface area contributed by atoms with Crippen molar-refractivity contribution in [2.24, 2.45) is 0 Å². The van der Waals surface area contributed by atoms with Gasteiger partial charge in [0, 0.05) is 36.1 Å². The van der Waals surface area contributed by atoms with E-state index in [0.717, 1.165) is 13.0 Å². The van der Waals surface area contributed by atoms with Crippen LogP contribution in [0, 0.1) is 0 Å². The maximum Gasteiger partial charge on any atom is 0.0925 e. The summed E-state index contributed by atoms with van der Waals surface area (Å²) in [4.78, 5) is 9.67. The van der Waals surface area contributed by atoms with E-state index >= 15 is 0 Å². The van der Waals surface area contributed by atoms with Gasteiger partial charge in [-0.25, -0.2) is 4.98 Å². The van der Waals surface area contributed by atoms with Gasteiger partial charge in [0.05, 0.1) is 5.01 Å². The molecule has 17 heavy (non-hydrogen) atoms. The SMILES string of the molecule is CCc1ncc(CN[C@H](C)c2ccncc2)s1. The number of nitrogens with one attached hydrogen (secondary N) is 1. The van der Waals surface area contributed by atoms with Crippen molar-refractivity contribution in [1.29, 1.82) is 0 Å². The van der Waals surface area contributed by atoms with Gasteiger partial charge in [0.1, 0.15) is 0 Å². The van der Waals surface area contributed by atoms with Crippen LogP contribution < -0.4 is 5.32 Å². The molecule has 0 aliphatic carbocycles. The van der Waals surface area contributed by atoms with Gasteiger partial charge >= 0.3 is 0 Å². The van der Waals surface area contributed by atoms with Gasteiger partial charge in [-0.3, -0.25) is 4.98 Å². The number of hydrogen-bond donors (Lipinski definition) is 1. The second-order valence-corrected chi connectivity index (χ2v) is 5.16. The number of rotatable bonds is 5. The average molecular weight is 247 g/mol. The van der Waals surface area contributed by atoms with Crippen LogP contribution in [0.15, 0.2) is 30.7 Å². The third-order valence-electron chi connectivity index (χ3n) is 2.69. The van der Waals surface area contributed by atoms with Crippen LogP contribution in [0.3, 0.4) is 0 Å². The molecule has 2 rings (SSSR count). The molecule has 4 heteroatoms. The lowest BCUT2D eigenvalue weighted by Crippen LogP contribution is -2.17.